The Morgan fingerprint density at radius 2 is 1.97 bits per heavy atom. The van der Waals surface area contributed by atoms with Gasteiger partial charge in [0.1, 0.15) is 5.75 Å². The summed E-state index contributed by atoms with van der Waals surface area (Å²) in [6.45, 7) is 3.51. The van der Waals surface area contributed by atoms with Gasteiger partial charge >= 0.3 is 0 Å². The molecule has 8 nitrogen and oxygen atoms in total. The van der Waals surface area contributed by atoms with E-state index in [0.717, 1.165) is 43.6 Å². The summed E-state index contributed by atoms with van der Waals surface area (Å²) in [4.78, 5) is 26.7. The SMILES string of the molecule is O=C(COc1ccccc1)NCCn1nc(C(=O)N2CCCC2)c2c1CCOC2. The Bertz CT molecular complexity index is 859. The van der Waals surface area contributed by atoms with Crippen molar-refractivity contribution in [3.8, 4) is 5.75 Å². The number of benzene rings is 1. The number of rotatable bonds is 7. The number of aromatic nitrogens is 2. The molecule has 154 valence electrons. The number of nitrogens with one attached hydrogen (secondary N) is 1. The zero-order valence-electron chi connectivity index (χ0n) is 16.4. The molecule has 0 radical (unpaired) electrons. The molecule has 8 heteroatoms. The minimum absolute atomic E-state index is 0.0108. The van der Waals surface area contributed by atoms with E-state index in [1.165, 1.54) is 0 Å². The Kier molecular flexibility index (Phi) is 6.09. The van der Waals surface area contributed by atoms with Crippen LogP contribution in [-0.2, 0) is 29.1 Å². The van der Waals surface area contributed by atoms with Gasteiger partial charge in [-0.25, -0.2) is 0 Å². The first-order valence-electron chi connectivity index (χ1n) is 10.1. The van der Waals surface area contributed by atoms with Gasteiger partial charge in [0, 0.05) is 37.3 Å². The third-order valence-electron chi connectivity index (χ3n) is 5.25. The summed E-state index contributed by atoms with van der Waals surface area (Å²) >= 11 is 0. The highest BCUT2D eigenvalue weighted by Gasteiger charge is 2.29. The van der Waals surface area contributed by atoms with E-state index in [9.17, 15) is 9.59 Å². The van der Waals surface area contributed by atoms with Crippen LogP contribution in [0.2, 0.25) is 0 Å². The highest BCUT2D eigenvalue weighted by molar-refractivity contribution is 5.94. The van der Waals surface area contributed by atoms with Crippen molar-refractivity contribution < 1.29 is 19.1 Å². The van der Waals surface area contributed by atoms with E-state index in [1.807, 2.05) is 39.9 Å². The Morgan fingerprint density at radius 1 is 1.17 bits per heavy atom. The van der Waals surface area contributed by atoms with Gasteiger partial charge in [-0.1, -0.05) is 18.2 Å². The predicted octanol–water partition coefficient (Wildman–Crippen LogP) is 1.39. The molecule has 1 aromatic carbocycles. The van der Waals surface area contributed by atoms with Crippen LogP contribution in [-0.4, -0.2) is 59.3 Å². The number of para-hydroxylation sites is 1. The molecule has 4 rings (SSSR count). The van der Waals surface area contributed by atoms with Crippen molar-refractivity contribution in [3.63, 3.8) is 0 Å². The Labute approximate surface area is 169 Å². The van der Waals surface area contributed by atoms with Crippen LogP contribution in [0.3, 0.4) is 0 Å². The molecule has 0 atom stereocenters. The standard InChI is InChI=1S/C21H26N4O4/c26-19(15-29-16-6-2-1-3-7-16)22-9-12-25-18-8-13-28-14-17(18)20(23-25)21(27)24-10-4-5-11-24/h1-3,6-7H,4-5,8-15H2,(H,22,26). The average molecular weight is 398 g/mol. The monoisotopic (exact) mass is 398 g/mol. The van der Waals surface area contributed by atoms with Crippen LogP contribution >= 0.6 is 0 Å². The molecule has 3 heterocycles. The van der Waals surface area contributed by atoms with Crippen molar-refractivity contribution >= 4 is 11.8 Å². The summed E-state index contributed by atoms with van der Waals surface area (Å²) in [5, 5.41) is 7.44. The van der Waals surface area contributed by atoms with E-state index in [4.69, 9.17) is 9.47 Å². The minimum atomic E-state index is -0.188. The number of hydrogen-bond acceptors (Lipinski definition) is 5. The minimum Gasteiger partial charge on any atom is -0.484 e. The molecule has 2 aliphatic heterocycles. The van der Waals surface area contributed by atoms with Gasteiger partial charge < -0.3 is 19.7 Å². The smallest absolute Gasteiger partial charge is 0.274 e. The van der Waals surface area contributed by atoms with Crippen molar-refractivity contribution in [1.29, 1.82) is 0 Å². The molecule has 29 heavy (non-hydrogen) atoms. The molecule has 1 N–H and O–H groups in total. The van der Waals surface area contributed by atoms with Gasteiger partial charge in [-0.2, -0.15) is 5.10 Å². The van der Waals surface area contributed by atoms with Crippen molar-refractivity contribution in [2.45, 2.75) is 32.4 Å². The molecule has 1 fully saturated rings. The molecule has 0 spiro atoms. The first-order chi connectivity index (χ1) is 14.2. The lowest BCUT2D eigenvalue weighted by Gasteiger charge is -2.17. The van der Waals surface area contributed by atoms with E-state index < -0.39 is 0 Å². The van der Waals surface area contributed by atoms with Gasteiger partial charge in [0.2, 0.25) is 0 Å². The average Bonchev–Trinajstić information content (AvgIpc) is 3.41. The molecular formula is C21H26N4O4. The van der Waals surface area contributed by atoms with Crippen LogP contribution in [0, 0.1) is 0 Å². The maximum absolute atomic E-state index is 12.8. The lowest BCUT2D eigenvalue weighted by atomic mass is 10.1. The van der Waals surface area contributed by atoms with Crippen LogP contribution in [0.4, 0.5) is 0 Å². The lowest BCUT2D eigenvalue weighted by Crippen LogP contribution is -2.32. The maximum Gasteiger partial charge on any atom is 0.274 e. The predicted molar refractivity (Wildman–Crippen MR) is 106 cm³/mol. The van der Waals surface area contributed by atoms with Crippen LogP contribution in [0.15, 0.2) is 30.3 Å². The molecule has 0 aliphatic carbocycles. The summed E-state index contributed by atoms with van der Waals surface area (Å²) in [7, 11) is 0. The second-order valence-corrected chi connectivity index (χ2v) is 7.25. The van der Waals surface area contributed by atoms with E-state index in [0.29, 0.717) is 37.7 Å². The highest BCUT2D eigenvalue weighted by atomic mass is 16.5. The largest absolute Gasteiger partial charge is 0.484 e. The van der Waals surface area contributed by atoms with Gasteiger partial charge in [0.25, 0.3) is 11.8 Å². The number of likely N-dealkylation sites (tertiary alicyclic amines) is 1. The zero-order valence-corrected chi connectivity index (χ0v) is 16.4. The van der Waals surface area contributed by atoms with Gasteiger partial charge in [0.15, 0.2) is 12.3 Å². The highest BCUT2D eigenvalue weighted by Crippen LogP contribution is 2.23. The van der Waals surface area contributed by atoms with Gasteiger partial charge in [-0.05, 0) is 25.0 Å². The van der Waals surface area contributed by atoms with E-state index >= 15 is 0 Å². The van der Waals surface area contributed by atoms with E-state index in [1.54, 1.807) is 0 Å². The normalized spacial score (nSPS) is 15.8. The topological polar surface area (TPSA) is 85.7 Å². The van der Waals surface area contributed by atoms with Crippen LogP contribution < -0.4 is 10.1 Å². The fourth-order valence-electron chi connectivity index (χ4n) is 3.75. The number of hydrogen-bond donors (Lipinski definition) is 1. The van der Waals surface area contributed by atoms with Gasteiger partial charge in [-0.15, -0.1) is 0 Å². The molecule has 0 unspecified atom stereocenters. The second kappa shape index (κ2) is 9.09. The molecular weight excluding hydrogens is 372 g/mol. The number of amides is 2. The third-order valence-corrected chi connectivity index (χ3v) is 5.25. The molecule has 2 aromatic rings. The summed E-state index contributed by atoms with van der Waals surface area (Å²) in [5.74, 6) is 0.462. The van der Waals surface area contributed by atoms with Gasteiger partial charge in [0.05, 0.1) is 19.8 Å². The second-order valence-electron chi connectivity index (χ2n) is 7.25. The Hall–Kier alpha value is -2.87. The molecule has 2 aliphatic rings. The summed E-state index contributed by atoms with van der Waals surface area (Å²) in [6.07, 6.45) is 2.81. The van der Waals surface area contributed by atoms with E-state index in [2.05, 4.69) is 10.4 Å². The summed E-state index contributed by atoms with van der Waals surface area (Å²) in [5.41, 5.74) is 2.43. The molecule has 1 aromatic heterocycles. The van der Waals surface area contributed by atoms with E-state index in [-0.39, 0.29) is 18.4 Å². The number of nitrogens with zero attached hydrogens (tertiary/aromatic N) is 3. The first kappa shape index (κ1) is 19.4. The Morgan fingerprint density at radius 3 is 2.76 bits per heavy atom. The summed E-state index contributed by atoms with van der Waals surface area (Å²) < 4.78 is 12.9. The molecule has 0 bridgehead atoms. The fourth-order valence-corrected chi connectivity index (χ4v) is 3.75. The van der Waals surface area contributed by atoms with Crippen LogP contribution in [0.1, 0.15) is 34.6 Å². The molecule has 1 saturated heterocycles. The van der Waals surface area contributed by atoms with Crippen molar-refractivity contribution in [2.75, 3.05) is 32.8 Å². The van der Waals surface area contributed by atoms with Gasteiger partial charge in [-0.3, -0.25) is 14.3 Å². The number of fused-ring (bicyclic) bond motifs is 1. The van der Waals surface area contributed by atoms with Crippen LogP contribution in [0.25, 0.3) is 0 Å². The zero-order chi connectivity index (χ0) is 20.1. The van der Waals surface area contributed by atoms with Crippen molar-refractivity contribution in [1.82, 2.24) is 20.0 Å². The number of ether oxygens (including phenoxy) is 2. The lowest BCUT2D eigenvalue weighted by molar-refractivity contribution is -0.123. The van der Waals surface area contributed by atoms with Crippen LogP contribution in [0.5, 0.6) is 5.75 Å². The van der Waals surface area contributed by atoms with Crippen molar-refractivity contribution in [2.24, 2.45) is 0 Å². The summed E-state index contributed by atoms with van der Waals surface area (Å²) in [6, 6.07) is 9.23. The fraction of sp³-hybridized carbons (Fsp3) is 0.476. The number of carbonyl (C=O) groups is 2. The molecule has 2 amide bonds. The first-order valence-corrected chi connectivity index (χ1v) is 10.1. The third kappa shape index (κ3) is 4.59. The maximum atomic E-state index is 12.8. The van der Waals surface area contributed by atoms with Crippen molar-refractivity contribution in [3.05, 3.63) is 47.3 Å². The molecule has 0 saturated carbocycles. The Balaban J connectivity index is 1.34. The number of carbonyl (C=O) groups excluding carboxylic acids is 2. The quantitative estimate of drug-likeness (QED) is 0.762.